The van der Waals surface area contributed by atoms with Gasteiger partial charge in [-0.05, 0) is 32.9 Å². The van der Waals surface area contributed by atoms with Crippen molar-refractivity contribution in [1.29, 1.82) is 0 Å². The first-order valence-corrected chi connectivity index (χ1v) is 11.1. The predicted molar refractivity (Wildman–Crippen MR) is 123 cm³/mol. The van der Waals surface area contributed by atoms with Crippen LogP contribution in [0, 0.1) is 18.6 Å². The number of aromatic nitrogens is 3. The second kappa shape index (κ2) is 10.2. The fraction of sp³-hybridized carbons (Fsp3) is 0.476. The van der Waals surface area contributed by atoms with E-state index >= 15 is 0 Å². The topological polar surface area (TPSA) is 63.5 Å². The fourth-order valence-corrected chi connectivity index (χ4v) is 4.69. The molecule has 7 nitrogen and oxygen atoms in total. The van der Waals surface area contributed by atoms with Gasteiger partial charge in [-0.25, -0.2) is 13.8 Å². The zero-order valence-corrected chi connectivity index (χ0v) is 19.8. The number of ether oxygens (including phenoxy) is 1. The van der Waals surface area contributed by atoms with E-state index in [2.05, 4.69) is 15.0 Å². The molecule has 4 rings (SSSR count). The number of thiazole rings is 1. The molecule has 0 saturated carbocycles. The van der Waals surface area contributed by atoms with Crippen molar-refractivity contribution in [2.75, 3.05) is 44.3 Å². The standard InChI is InChI=1S/C21H25F2N5O2S.ClH/c1-13(2)28-14(3)10-17(25-28)20(29)27(5-4-26-6-8-30-9-7-26)21-24-19-16(23)11-15(22)12-18(19)31-21;/h10-13H,4-9H2,1-3H3;1H. The average Bonchev–Trinajstić information content (AvgIpc) is 3.32. The highest BCUT2D eigenvalue weighted by Gasteiger charge is 2.26. The third-order valence-electron chi connectivity index (χ3n) is 5.25. The second-order valence-electron chi connectivity index (χ2n) is 7.85. The third-order valence-corrected chi connectivity index (χ3v) is 6.28. The van der Waals surface area contributed by atoms with Crippen molar-refractivity contribution in [3.8, 4) is 0 Å². The monoisotopic (exact) mass is 485 g/mol. The summed E-state index contributed by atoms with van der Waals surface area (Å²) in [6.45, 7) is 9.73. The molecule has 1 amide bonds. The van der Waals surface area contributed by atoms with E-state index in [-0.39, 0.29) is 29.9 Å². The Labute approximate surface area is 195 Å². The molecule has 0 atom stereocenters. The van der Waals surface area contributed by atoms with E-state index in [1.807, 2.05) is 20.8 Å². The maximum atomic E-state index is 14.2. The van der Waals surface area contributed by atoms with Crippen LogP contribution in [0.25, 0.3) is 10.2 Å². The molecule has 0 bridgehead atoms. The van der Waals surface area contributed by atoms with Crippen LogP contribution in [0.3, 0.4) is 0 Å². The highest BCUT2D eigenvalue weighted by molar-refractivity contribution is 7.22. The molecule has 0 N–H and O–H groups in total. The normalized spacial score (nSPS) is 14.7. The molecule has 3 heterocycles. The summed E-state index contributed by atoms with van der Waals surface area (Å²) in [5, 5.41) is 4.80. The fourth-order valence-electron chi connectivity index (χ4n) is 3.66. The first kappa shape index (κ1) is 24.5. The summed E-state index contributed by atoms with van der Waals surface area (Å²) in [4.78, 5) is 21.5. The molecule has 11 heteroatoms. The molecule has 174 valence electrons. The zero-order chi connectivity index (χ0) is 22.1. The summed E-state index contributed by atoms with van der Waals surface area (Å²) in [5.41, 5.74) is 1.25. The van der Waals surface area contributed by atoms with Crippen LogP contribution < -0.4 is 4.90 Å². The Bertz CT molecular complexity index is 1100. The molecule has 1 aromatic carbocycles. The quantitative estimate of drug-likeness (QED) is 0.527. The van der Waals surface area contributed by atoms with Gasteiger partial charge in [0, 0.05) is 44.0 Å². The number of hydrogen-bond donors (Lipinski definition) is 0. The number of carbonyl (C=O) groups excluding carboxylic acids is 1. The average molecular weight is 486 g/mol. The van der Waals surface area contributed by atoms with Gasteiger partial charge in [0.1, 0.15) is 11.3 Å². The number of rotatable bonds is 6. The second-order valence-corrected chi connectivity index (χ2v) is 8.86. The Balaban J connectivity index is 0.00000289. The van der Waals surface area contributed by atoms with Gasteiger partial charge in [-0.15, -0.1) is 12.4 Å². The Morgan fingerprint density at radius 2 is 1.97 bits per heavy atom. The number of morpholine rings is 1. The maximum Gasteiger partial charge on any atom is 0.280 e. The molecule has 2 aromatic heterocycles. The van der Waals surface area contributed by atoms with E-state index < -0.39 is 11.6 Å². The number of carbonyl (C=O) groups is 1. The van der Waals surface area contributed by atoms with Crippen LogP contribution in [0.1, 0.15) is 36.1 Å². The largest absolute Gasteiger partial charge is 0.379 e. The minimum absolute atomic E-state index is 0. The van der Waals surface area contributed by atoms with Gasteiger partial charge in [0.2, 0.25) is 0 Å². The third kappa shape index (κ3) is 5.09. The molecule has 1 saturated heterocycles. The number of hydrogen-bond acceptors (Lipinski definition) is 6. The lowest BCUT2D eigenvalue weighted by Gasteiger charge is -2.29. The van der Waals surface area contributed by atoms with Crippen molar-refractivity contribution in [1.82, 2.24) is 19.7 Å². The van der Waals surface area contributed by atoms with Gasteiger partial charge in [-0.3, -0.25) is 19.3 Å². The van der Waals surface area contributed by atoms with Crippen molar-refractivity contribution in [3.05, 3.63) is 41.2 Å². The highest BCUT2D eigenvalue weighted by atomic mass is 35.5. The first-order chi connectivity index (χ1) is 14.8. The highest BCUT2D eigenvalue weighted by Crippen LogP contribution is 2.32. The van der Waals surface area contributed by atoms with Gasteiger partial charge in [-0.1, -0.05) is 11.3 Å². The summed E-state index contributed by atoms with van der Waals surface area (Å²) >= 11 is 1.10. The Kier molecular flexibility index (Phi) is 7.81. The van der Waals surface area contributed by atoms with E-state index in [9.17, 15) is 13.6 Å². The Morgan fingerprint density at radius 1 is 1.25 bits per heavy atom. The van der Waals surface area contributed by atoms with E-state index in [0.717, 1.165) is 36.2 Å². The van der Waals surface area contributed by atoms with E-state index in [4.69, 9.17) is 4.74 Å². The maximum absolute atomic E-state index is 14.2. The van der Waals surface area contributed by atoms with Gasteiger partial charge in [-0.2, -0.15) is 5.10 Å². The number of benzene rings is 1. The molecule has 0 unspecified atom stereocenters. The number of halogens is 3. The molecule has 0 radical (unpaired) electrons. The van der Waals surface area contributed by atoms with Gasteiger partial charge in [0.15, 0.2) is 16.6 Å². The minimum Gasteiger partial charge on any atom is -0.379 e. The van der Waals surface area contributed by atoms with Gasteiger partial charge < -0.3 is 4.74 Å². The van der Waals surface area contributed by atoms with Gasteiger partial charge in [0.05, 0.1) is 17.9 Å². The summed E-state index contributed by atoms with van der Waals surface area (Å²) < 4.78 is 35.4. The minimum atomic E-state index is -0.738. The first-order valence-electron chi connectivity index (χ1n) is 10.3. The molecule has 1 aliphatic heterocycles. The van der Waals surface area contributed by atoms with Crippen LogP contribution in [-0.2, 0) is 4.74 Å². The van der Waals surface area contributed by atoms with E-state index in [1.165, 1.54) is 11.0 Å². The van der Waals surface area contributed by atoms with E-state index in [0.29, 0.717) is 41.8 Å². The van der Waals surface area contributed by atoms with Crippen LogP contribution in [0.15, 0.2) is 18.2 Å². The SMILES string of the molecule is Cc1cc(C(=O)N(CCN2CCOCC2)c2nc3c(F)cc(F)cc3s2)nn1C(C)C.Cl. The van der Waals surface area contributed by atoms with Crippen LogP contribution in [-0.4, -0.2) is 65.0 Å². The van der Waals surface area contributed by atoms with Gasteiger partial charge >= 0.3 is 0 Å². The molecule has 0 aliphatic carbocycles. The van der Waals surface area contributed by atoms with Crippen molar-refractivity contribution in [3.63, 3.8) is 0 Å². The Morgan fingerprint density at radius 3 is 2.62 bits per heavy atom. The predicted octanol–water partition coefficient (Wildman–Crippen LogP) is 4.06. The van der Waals surface area contributed by atoms with Crippen molar-refractivity contribution < 1.29 is 18.3 Å². The summed E-state index contributed by atoms with van der Waals surface area (Å²) in [5.74, 6) is -1.72. The van der Waals surface area contributed by atoms with Crippen molar-refractivity contribution in [2.45, 2.75) is 26.8 Å². The molecular formula is C21H26ClF2N5O2S. The number of aryl methyl sites for hydroxylation is 1. The van der Waals surface area contributed by atoms with Crippen LogP contribution >= 0.6 is 23.7 Å². The molecule has 1 fully saturated rings. The van der Waals surface area contributed by atoms with Crippen molar-refractivity contribution >= 4 is 45.0 Å². The molecule has 32 heavy (non-hydrogen) atoms. The smallest absolute Gasteiger partial charge is 0.280 e. The zero-order valence-electron chi connectivity index (χ0n) is 18.2. The number of amides is 1. The van der Waals surface area contributed by atoms with Crippen LogP contribution in [0.2, 0.25) is 0 Å². The lowest BCUT2D eigenvalue weighted by atomic mass is 10.3. The molecule has 0 spiro atoms. The van der Waals surface area contributed by atoms with Crippen molar-refractivity contribution in [2.24, 2.45) is 0 Å². The number of nitrogens with zero attached hydrogens (tertiary/aromatic N) is 5. The lowest BCUT2D eigenvalue weighted by molar-refractivity contribution is 0.0391. The summed E-state index contributed by atoms with van der Waals surface area (Å²) in [7, 11) is 0. The summed E-state index contributed by atoms with van der Waals surface area (Å²) in [6, 6.07) is 3.90. The molecular weight excluding hydrogens is 460 g/mol. The molecule has 1 aliphatic rings. The van der Waals surface area contributed by atoms with Crippen LogP contribution in [0.4, 0.5) is 13.9 Å². The Hall–Kier alpha value is -2.14. The van der Waals surface area contributed by atoms with Crippen LogP contribution in [0.5, 0.6) is 0 Å². The summed E-state index contributed by atoms with van der Waals surface area (Å²) in [6.07, 6.45) is 0. The lowest BCUT2D eigenvalue weighted by Crippen LogP contribution is -2.43. The number of anilines is 1. The molecule has 3 aromatic rings. The van der Waals surface area contributed by atoms with Gasteiger partial charge in [0.25, 0.3) is 5.91 Å². The number of fused-ring (bicyclic) bond motifs is 1. The van der Waals surface area contributed by atoms with E-state index in [1.54, 1.807) is 10.7 Å².